The first-order valence-corrected chi connectivity index (χ1v) is 10.7. The van der Waals surface area contributed by atoms with Crippen LogP contribution in [-0.4, -0.2) is 32.9 Å². The van der Waals surface area contributed by atoms with Crippen molar-refractivity contribution in [1.29, 1.82) is 0 Å². The molecular weight excluding hydrogens is 448 g/mol. The number of ether oxygens (including phenoxy) is 1. The van der Waals surface area contributed by atoms with E-state index in [9.17, 15) is 18.0 Å². The molecule has 0 atom stereocenters. The fourth-order valence-corrected chi connectivity index (χ4v) is 3.78. The van der Waals surface area contributed by atoms with E-state index in [1.165, 1.54) is 24.3 Å². The van der Waals surface area contributed by atoms with Crippen molar-refractivity contribution in [3.05, 3.63) is 58.1 Å². The van der Waals surface area contributed by atoms with Gasteiger partial charge in [0, 0.05) is 16.2 Å². The number of halogens is 1. The van der Waals surface area contributed by atoms with Gasteiger partial charge >= 0.3 is 5.97 Å². The minimum Gasteiger partial charge on any atom is -0.452 e. The molecule has 2 N–H and O–H groups in total. The van der Waals surface area contributed by atoms with Crippen molar-refractivity contribution in [2.24, 2.45) is 0 Å². The molecule has 150 valence electrons. The predicted molar refractivity (Wildman–Crippen MR) is 110 cm³/mol. The lowest BCUT2D eigenvalue weighted by Crippen LogP contribution is -2.30. The van der Waals surface area contributed by atoms with Crippen LogP contribution in [0.1, 0.15) is 29.8 Å². The van der Waals surface area contributed by atoms with Crippen molar-refractivity contribution in [3.8, 4) is 0 Å². The van der Waals surface area contributed by atoms with Crippen LogP contribution in [0.4, 0.5) is 5.69 Å². The number of hydrogen-bond acceptors (Lipinski definition) is 5. The maximum atomic E-state index is 12.1. The zero-order valence-corrected chi connectivity index (χ0v) is 18.1. The van der Waals surface area contributed by atoms with Crippen molar-refractivity contribution < 1.29 is 22.7 Å². The molecule has 2 aromatic carbocycles. The third kappa shape index (κ3) is 6.15. The SMILES string of the molecule is Cc1cc(NC(=O)COC(=O)c2ccc(S(=O)(=O)NC(C)C)cc2)ccc1Br. The number of anilines is 1. The average molecular weight is 469 g/mol. The lowest BCUT2D eigenvalue weighted by molar-refractivity contribution is -0.119. The summed E-state index contributed by atoms with van der Waals surface area (Å²) in [5.74, 6) is -1.20. The number of amides is 1. The highest BCUT2D eigenvalue weighted by Gasteiger charge is 2.17. The second kappa shape index (κ2) is 9.31. The van der Waals surface area contributed by atoms with Crippen molar-refractivity contribution >= 4 is 43.5 Å². The molecule has 2 aromatic rings. The van der Waals surface area contributed by atoms with E-state index >= 15 is 0 Å². The second-order valence-electron chi connectivity index (χ2n) is 6.39. The maximum Gasteiger partial charge on any atom is 0.338 e. The zero-order valence-electron chi connectivity index (χ0n) is 15.7. The Balaban J connectivity index is 1.93. The molecule has 0 aliphatic rings. The van der Waals surface area contributed by atoms with Gasteiger partial charge in [-0.05, 0) is 68.8 Å². The van der Waals surface area contributed by atoms with E-state index in [0.717, 1.165) is 10.0 Å². The van der Waals surface area contributed by atoms with Crippen LogP contribution in [0.15, 0.2) is 51.8 Å². The van der Waals surface area contributed by atoms with Crippen LogP contribution in [0.3, 0.4) is 0 Å². The predicted octanol–water partition coefficient (Wildman–Crippen LogP) is 3.24. The summed E-state index contributed by atoms with van der Waals surface area (Å²) in [4.78, 5) is 24.1. The molecular formula is C19H21BrN2O5S. The number of carbonyl (C=O) groups excluding carboxylic acids is 2. The molecule has 1 amide bonds. The lowest BCUT2D eigenvalue weighted by Gasteiger charge is -2.10. The van der Waals surface area contributed by atoms with Gasteiger partial charge in [-0.15, -0.1) is 0 Å². The minimum absolute atomic E-state index is 0.0427. The number of nitrogens with one attached hydrogen (secondary N) is 2. The first kappa shape index (κ1) is 22.1. The number of hydrogen-bond donors (Lipinski definition) is 2. The van der Waals surface area contributed by atoms with Crippen molar-refractivity contribution in [3.63, 3.8) is 0 Å². The number of esters is 1. The van der Waals surface area contributed by atoms with E-state index in [4.69, 9.17) is 4.74 Å². The molecule has 0 aliphatic heterocycles. The van der Waals surface area contributed by atoms with E-state index in [0.29, 0.717) is 5.69 Å². The molecule has 0 heterocycles. The van der Waals surface area contributed by atoms with E-state index in [1.54, 1.807) is 32.0 Å². The number of aryl methyl sites for hydroxylation is 1. The van der Waals surface area contributed by atoms with Gasteiger partial charge in [-0.2, -0.15) is 0 Å². The third-order valence-electron chi connectivity index (χ3n) is 3.57. The Kier molecular flexibility index (Phi) is 7.34. The number of sulfonamides is 1. The van der Waals surface area contributed by atoms with E-state index in [1.807, 2.05) is 6.92 Å². The quantitative estimate of drug-likeness (QED) is 0.607. The van der Waals surface area contributed by atoms with Gasteiger partial charge in [0.25, 0.3) is 5.91 Å². The Labute approximate surface area is 172 Å². The molecule has 0 aliphatic carbocycles. The van der Waals surface area contributed by atoms with E-state index in [2.05, 4.69) is 26.0 Å². The zero-order chi connectivity index (χ0) is 20.9. The summed E-state index contributed by atoms with van der Waals surface area (Å²) < 4.78 is 32.5. The molecule has 0 saturated carbocycles. The molecule has 0 unspecified atom stereocenters. The van der Waals surface area contributed by atoms with Crippen molar-refractivity contribution in [1.82, 2.24) is 4.72 Å². The lowest BCUT2D eigenvalue weighted by atomic mass is 10.2. The molecule has 0 radical (unpaired) electrons. The highest BCUT2D eigenvalue weighted by molar-refractivity contribution is 9.10. The summed E-state index contributed by atoms with van der Waals surface area (Å²) in [6.45, 7) is 4.86. The van der Waals surface area contributed by atoms with Crippen molar-refractivity contribution in [2.45, 2.75) is 31.7 Å². The highest BCUT2D eigenvalue weighted by Crippen LogP contribution is 2.20. The standard InChI is InChI=1S/C19H21BrN2O5S/c1-12(2)22-28(25,26)16-7-4-14(5-8-16)19(24)27-11-18(23)21-15-6-9-17(20)13(3)10-15/h4-10,12,22H,11H2,1-3H3,(H,21,23). The highest BCUT2D eigenvalue weighted by atomic mass is 79.9. The molecule has 9 heteroatoms. The molecule has 0 bridgehead atoms. The first-order chi connectivity index (χ1) is 13.1. The van der Waals surface area contributed by atoms with E-state index in [-0.39, 0.29) is 16.5 Å². The van der Waals surface area contributed by atoms with E-state index < -0.39 is 28.5 Å². The van der Waals surface area contributed by atoms with Gasteiger partial charge in [0.05, 0.1) is 10.5 Å². The van der Waals surface area contributed by atoms with Crippen molar-refractivity contribution in [2.75, 3.05) is 11.9 Å². The fourth-order valence-electron chi connectivity index (χ4n) is 2.28. The van der Waals surface area contributed by atoms with Crippen LogP contribution in [-0.2, 0) is 19.6 Å². The topological polar surface area (TPSA) is 102 Å². The molecule has 0 spiro atoms. The Morgan fingerprint density at radius 2 is 1.75 bits per heavy atom. The Morgan fingerprint density at radius 1 is 1.11 bits per heavy atom. The molecule has 0 fully saturated rings. The molecule has 2 rings (SSSR count). The first-order valence-electron chi connectivity index (χ1n) is 8.44. The van der Waals surface area contributed by atoms with Gasteiger partial charge in [-0.1, -0.05) is 15.9 Å². The third-order valence-corrected chi connectivity index (χ3v) is 6.13. The summed E-state index contributed by atoms with van der Waals surface area (Å²) in [5.41, 5.74) is 1.70. The van der Waals surface area contributed by atoms with Crippen LogP contribution < -0.4 is 10.0 Å². The molecule has 0 aromatic heterocycles. The second-order valence-corrected chi connectivity index (χ2v) is 8.96. The van der Waals surface area contributed by atoms with Crippen LogP contribution in [0.2, 0.25) is 0 Å². The Hall–Kier alpha value is -2.23. The van der Waals surface area contributed by atoms with Crippen LogP contribution in [0.5, 0.6) is 0 Å². The number of benzene rings is 2. The summed E-state index contributed by atoms with van der Waals surface area (Å²) in [6.07, 6.45) is 0. The van der Waals surface area contributed by atoms with Gasteiger partial charge < -0.3 is 10.1 Å². The molecule has 7 nitrogen and oxygen atoms in total. The van der Waals surface area contributed by atoms with Gasteiger partial charge in [-0.3, -0.25) is 4.79 Å². The summed E-state index contributed by atoms with van der Waals surface area (Å²) in [5, 5.41) is 2.64. The van der Waals surface area contributed by atoms with Crippen LogP contribution in [0.25, 0.3) is 0 Å². The average Bonchev–Trinajstić information content (AvgIpc) is 2.62. The van der Waals surface area contributed by atoms with Crippen LogP contribution >= 0.6 is 15.9 Å². The van der Waals surface area contributed by atoms with Gasteiger partial charge in [0.1, 0.15) is 0 Å². The smallest absolute Gasteiger partial charge is 0.338 e. The fraction of sp³-hybridized carbons (Fsp3) is 0.263. The molecule has 28 heavy (non-hydrogen) atoms. The Bertz CT molecular complexity index is 972. The molecule has 0 saturated heterocycles. The number of carbonyl (C=O) groups is 2. The Morgan fingerprint density at radius 3 is 2.32 bits per heavy atom. The summed E-state index contributed by atoms with van der Waals surface area (Å²) in [6, 6.07) is 10.4. The summed E-state index contributed by atoms with van der Waals surface area (Å²) in [7, 11) is -3.64. The van der Waals surface area contributed by atoms with Gasteiger partial charge in [0.15, 0.2) is 6.61 Å². The monoisotopic (exact) mass is 468 g/mol. The normalized spacial score (nSPS) is 11.3. The van der Waals surface area contributed by atoms with Gasteiger partial charge in [0.2, 0.25) is 10.0 Å². The summed E-state index contributed by atoms with van der Waals surface area (Å²) >= 11 is 3.38. The maximum absolute atomic E-state index is 12.1. The largest absolute Gasteiger partial charge is 0.452 e. The minimum atomic E-state index is -3.64. The van der Waals surface area contributed by atoms with Crippen LogP contribution in [0, 0.1) is 6.92 Å². The number of rotatable bonds is 7. The van der Waals surface area contributed by atoms with Gasteiger partial charge in [-0.25, -0.2) is 17.9 Å².